The highest BCUT2D eigenvalue weighted by Gasteiger charge is 2.09. The molecule has 4 nitrogen and oxygen atoms in total. The van der Waals surface area contributed by atoms with Crippen LogP contribution in [-0.2, 0) is 0 Å². The molecule has 1 atom stereocenters. The molecule has 2 aromatic rings. The average molecular weight is 302 g/mol. The smallest absolute Gasteiger partial charge is 0.140 e. The van der Waals surface area contributed by atoms with Gasteiger partial charge in [0.2, 0.25) is 0 Å². The van der Waals surface area contributed by atoms with E-state index in [2.05, 4.69) is 36.4 Å². The number of aromatic amines is 1. The number of hydrogen-bond donors (Lipinski definition) is 2. The molecule has 84 valence electrons. The molecular weight excluding hydrogens is 291 g/mol. The van der Waals surface area contributed by atoms with Crippen LogP contribution < -0.4 is 5.32 Å². The Labute approximate surface area is 107 Å². The van der Waals surface area contributed by atoms with Gasteiger partial charge in [-0.25, -0.2) is 4.98 Å². The van der Waals surface area contributed by atoms with E-state index in [0.717, 1.165) is 15.9 Å². The number of hydrogen-bond acceptors (Lipinski definition) is 3. The van der Waals surface area contributed by atoms with Crippen molar-refractivity contribution >= 4 is 33.3 Å². The summed E-state index contributed by atoms with van der Waals surface area (Å²) in [5.74, 6) is 0.762. The van der Waals surface area contributed by atoms with E-state index in [1.165, 1.54) is 0 Å². The molecule has 1 unspecified atom stereocenters. The molecule has 6 heteroatoms. The highest BCUT2D eigenvalue weighted by atomic mass is 79.9. The summed E-state index contributed by atoms with van der Waals surface area (Å²) in [5.41, 5.74) is 1.07. The maximum Gasteiger partial charge on any atom is 0.140 e. The molecular formula is C10H10BrClN4. The van der Waals surface area contributed by atoms with Gasteiger partial charge < -0.3 is 5.32 Å². The van der Waals surface area contributed by atoms with Gasteiger partial charge in [0.25, 0.3) is 0 Å². The average Bonchev–Trinajstić information content (AvgIpc) is 2.75. The van der Waals surface area contributed by atoms with Crippen LogP contribution in [0.4, 0.5) is 5.82 Å². The van der Waals surface area contributed by atoms with Crippen LogP contribution in [0.2, 0.25) is 5.02 Å². The van der Waals surface area contributed by atoms with Gasteiger partial charge in [-0.05, 0) is 28.9 Å². The van der Waals surface area contributed by atoms with Crippen molar-refractivity contribution in [3.63, 3.8) is 0 Å². The Morgan fingerprint density at radius 2 is 2.31 bits per heavy atom. The van der Waals surface area contributed by atoms with Crippen LogP contribution in [0.25, 0.3) is 0 Å². The SMILES string of the molecule is CC(Nc1ncc(Cl)cc1Br)c1cn[nH]c1. The van der Waals surface area contributed by atoms with Gasteiger partial charge in [-0.1, -0.05) is 11.6 Å². The van der Waals surface area contributed by atoms with Gasteiger partial charge in [-0.15, -0.1) is 0 Å². The van der Waals surface area contributed by atoms with E-state index in [1.807, 2.05) is 13.1 Å². The topological polar surface area (TPSA) is 53.6 Å². The predicted molar refractivity (Wildman–Crippen MR) is 67.6 cm³/mol. The zero-order valence-corrected chi connectivity index (χ0v) is 10.9. The van der Waals surface area contributed by atoms with E-state index in [1.54, 1.807) is 18.5 Å². The highest BCUT2D eigenvalue weighted by Crippen LogP contribution is 2.26. The molecule has 0 bridgehead atoms. The number of aromatic nitrogens is 3. The molecule has 0 aromatic carbocycles. The van der Waals surface area contributed by atoms with Crippen LogP contribution in [0.1, 0.15) is 18.5 Å². The van der Waals surface area contributed by atoms with Crippen LogP contribution in [0, 0.1) is 0 Å². The molecule has 0 aliphatic heterocycles. The Balaban J connectivity index is 2.15. The number of pyridine rings is 1. The summed E-state index contributed by atoms with van der Waals surface area (Å²) in [7, 11) is 0. The molecule has 2 rings (SSSR count). The number of nitrogens with zero attached hydrogens (tertiary/aromatic N) is 2. The van der Waals surface area contributed by atoms with Crippen molar-refractivity contribution in [3.05, 3.63) is 39.7 Å². The van der Waals surface area contributed by atoms with Gasteiger partial charge in [-0.2, -0.15) is 5.10 Å². The van der Waals surface area contributed by atoms with E-state index >= 15 is 0 Å². The second-order valence-electron chi connectivity index (χ2n) is 3.38. The standard InChI is InChI=1S/C10H10BrClN4/c1-6(7-3-14-15-4-7)16-10-9(11)2-8(12)5-13-10/h2-6H,1H3,(H,13,16)(H,14,15). The molecule has 0 spiro atoms. The van der Waals surface area contributed by atoms with E-state index in [9.17, 15) is 0 Å². The molecule has 2 heterocycles. The largest absolute Gasteiger partial charge is 0.362 e. The molecule has 0 radical (unpaired) electrons. The van der Waals surface area contributed by atoms with Gasteiger partial charge in [0.1, 0.15) is 5.82 Å². The first-order valence-corrected chi connectivity index (χ1v) is 5.90. The minimum Gasteiger partial charge on any atom is -0.362 e. The third-order valence-electron chi connectivity index (χ3n) is 2.18. The first kappa shape index (κ1) is 11.4. The van der Waals surface area contributed by atoms with Crippen molar-refractivity contribution in [2.24, 2.45) is 0 Å². The van der Waals surface area contributed by atoms with Gasteiger partial charge in [-0.3, -0.25) is 5.10 Å². The normalized spacial score (nSPS) is 12.4. The number of H-pyrrole nitrogens is 1. The fourth-order valence-electron chi connectivity index (χ4n) is 1.31. The van der Waals surface area contributed by atoms with E-state index in [0.29, 0.717) is 5.02 Å². The van der Waals surface area contributed by atoms with Gasteiger partial charge >= 0.3 is 0 Å². The van der Waals surface area contributed by atoms with Gasteiger partial charge in [0.15, 0.2) is 0 Å². The molecule has 0 fully saturated rings. The fourth-order valence-corrected chi connectivity index (χ4v) is 2.06. The molecule has 16 heavy (non-hydrogen) atoms. The van der Waals surface area contributed by atoms with Crippen molar-refractivity contribution < 1.29 is 0 Å². The van der Waals surface area contributed by atoms with E-state index < -0.39 is 0 Å². The minimum atomic E-state index is 0.128. The summed E-state index contributed by atoms with van der Waals surface area (Å²) in [6, 6.07) is 1.93. The lowest BCUT2D eigenvalue weighted by molar-refractivity contribution is 0.874. The van der Waals surface area contributed by atoms with E-state index in [4.69, 9.17) is 11.6 Å². The monoisotopic (exact) mass is 300 g/mol. The summed E-state index contributed by atoms with van der Waals surface area (Å²) in [6.45, 7) is 2.04. The maximum absolute atomic E-state index is 5.82. The first-order chi connectivity index (χ1) is 7.66. The minimum absolute atomic E-state index is 0.128. The molecule has 0 aliphatic rings. The number of nitrogens with one attached hydrogen (secondary N) is 2. The quantitative estimate of drug-likeness (QED) is 0.913. The second kappa shape index (κ2) is 4.84. The first-order valence-electron chi connectivity index (χ1n) is 4.73. The Morgan fingerprint density at radius 3 is 2.94 bits per heavy atom. The Hall–Kier alpha value is -1.07. The molecule has 0 saturated carbocycles. The third-order valence-corrected chi connectivity index (χ3v) is 2.99. The van der Waals surface area contributed by atoms with Crippen LogP contribution in [0.3, 0.4) is 0 Å². The Kier molecular flexibility index (Phi) is 3.46. The summed E-state index contributed by atoms with van der Waals surface area (Å²) in [6.07, 6.45) is 5.24. The Bertz CT molecular complexity index is 472. The van der Waals surface area contributed by atoms with Gasteiger partial charge in [0.05, 0.1) is 21.7 Å². The third kappa shape index (κ3) is 2.54. The lowest BCUT2D eigenvalue weighted by atomic mass is 10.2. The van der Waals surface area contributed by atoms with Crippen LogP contribution in [-0.4, -0.2) is 15.2 Å². The molecule has 0 amide bonds. The second-order valence-corrected chi connectivity index (χ2v) is 4.67. The summed E-state index contributed by atoms with van der Waals surface area (Å²) in [4.78, 5) is 4.21. The Morgan fingerprint density at radius 1 is 1.50 bits per heavy atom. The van der Waals surface area contributed by atoms with E-state index in [-0.39, 0.29) is 6.04 Å². The summed E-state index contributed by atoms with van der Waals surface area (Å²) in [5, 5.41) is 10.5. The molecule has 0 aliphatic carbocycles. The number of halogens is 2. The zero-order chi connectivity index (χ0) is 11.5. The van der Waals surface area contributed by atoms with Gasteiger partial charge in [0, 0.05) is 18.0 Å². The molecule has 2 N–H and O–H groups in total. The summed E-state index contributed by atoms with van der Waals surface area (Å²) < 4.78 is 0.843. The van der Waals surface area contributed by atoms with Crippen molar-refractivity contribution in [2.45, 2.75) is 13.0 Å². The number of rotatable bonds is 3. The lowest BCUT2D eigenvalue weighted by Crippen LogP contribution is -2.07. The fraction of sp³-hybridized carbons (Fsp3) is 0.200. The lowest BCUT2D eigenvalue weighted by Gasteiger charge is -2.13. The molecule has 2 aromatic heterocycles. The van der Waals surface area contributed by atoms with Crippen molar-refractivity contribution in [1.29, 1.82) is 0 Å². The maximum atomic E-state index is 5.82. The van der Waals surface area contributed by atoms with Crippen LogP contribution >= 0.6 is 27.5 Å². The van der Waals surface area contributed by atoms with Crippen LogP contribution in [0.15, 0.2) is 29.1 Å². The summed E-state index contributed by atoms with van der Waals surface area (Å²) >= 11 is 9.22. The predicted octanol–water partition coefficient (Wildman–Crippen LogP) is 3.39. The van der Waals surface area contributed by atoms with Crippen LogP contribution in [0.5, 0.6) is 0 Å². The zero-order valence-electron chi connectivity index (χ0n) is 8.54. The van der Waals surface area contributed by atoms with Crippen molar-refractivity contribution in [3.8, 4) is 0 Å². The number of anilines is 1. The van der Waals surface area contributed by atoms with Crippen molar-refractivity contribution in [2.75, 3.05) is 5.32 Å². The highest BCUT2D eigenvalue weighted by molar-refractivity contribution is 9.10. The molecule has 0 saturated heterocycles. The van der Waals surface area contributed by atoms with Crippen molar-refractivity contribution in [1.82, 2.24) is 15.2 Å².